The van der Waals surface area contributed by atoms with Gasteiger partial charge in [0, 0.05) is 11.0 Å². The van der Waals surface area contributed by atoms with Crippen molar-refractivity contribution in [1.29, 1.82) is 0 Å². The van der Waals surface area contributed by atoms with Crippen molar-refractivity contribution >= 4 is 0 Å². The molecule has 0 aliphatic carbocycles. The van der Waals surface area contributed by atoms with Gasteiger partial charge in [-0.25, -0.2) is 0 Å². The molecule has 134 valence electrons. The van der Waals surface area contributed by atoms with Crippen LogP contribution >= 0.6 is 0 Å². The van der Waals surface area contributed by atoms with Crippen LogP contribution in [0.3, 0.4) is 0 Å². The molecule has 0 bridgehead atoms. The first-order valence-corrected chi connectivity index (χ1v) is 9.97. The van der Waals surface area contributed by atoms with E-state index in [0.717, 1.165) is 12.8 Å². The van der Waals surface area contributed by atoms with Crippen molar-refractivity contribution in [3.63, 3.8) is 0 Å². The Labute approximate surface area is 144 Å². The first-order chi connectivity index (χ1) is 11.3. The maximum atomic E-state index is 8.54. The summed E-state index contributed by atoms with van der Waals surface area (Å²) in [5.41, 5.74) is 8.54. The Morgan fingerprint density at radius 2 is 1.39 bits per heavy atom. The van der Waals surface area contributed by atoms with Crippen molar-refractivity contribution in [2.24, 2.45) is 11.0 Å². The van der Waals surface area contributed by atoms with Crippen LogP contribution in [0, 0.1) is 5.92 Å². The normalized spacial score (nSPS) is 13.9. The van der Waals surface area contributed by atoms with E-state index in [0.29, 0.717) is 5.92 Å². The van der Waals surface area contributed by atoms with Crippen molar-refractivity contribution < 1.29 is 0 Å². The second kappa shape index (κ2) is 17.4. The second-order valence-electron chi connectivity index (χ2n) is 6.79. The Kier molecular flexibility index (Phi) is 16.7. The van der Waals surface area contributed by atoms with Gasteiger partial charge in [0.25, 0.3) is 0 Å². The molecule has 0 N–H and O–H groups in total. The monoisotopic (exact) mass is 321 g/mol. The minimum atomic E-state index is 0.105. The van der Waals surface area contributed by atoms with Crippen LogP contribution in [0.1, 0.15) is 104 Å². The number of rotatable bonds is 16. The molecule has 1 unspecified atom stereocenters. The summed E-state index contributed by atoms with van der Waals surface area (Å²) >= 11 is 0. The van der Waals surface area contributed by atoms with Crippen LogP contribution in [0.2, 0.25) is 0 Å². The molecule has 0 aromatic carbocycles. The SMILES string of the molecule is CCCCCCCCCCCCC/C=C/[C@@H](C)C(CC)N=[N+]=[N-]. The maximum Gasteiger partial charge on any atom is 0.0431 e. The highest BCUT2D eigenvalue weighted by atomic mass is 15.1. The van der Waals surface area contributed by atoms with Crippen LogP contribution in [0.15, 0.2) is 17.3 Å². The maximum absolute atomic E-state index is 8.54. The topological polar surface area (TPSA) is 48.8 Å². The molecule has 0 heterocycles. The summed E-state index contributed by atoms with van der Waals surface area (Å²) in [6.07, 6.45) is 21.9. The number of unbranched alkanes of at least 4 members (excludes halogenated alkanes) is 11. The molecular formula is C20H39N3. The van der Waals surface area contributed by atoms with E-state index >= 15 is 0 Å². The molecule has 0 saturated heterocycles. The summed E-state index contributed by atoms with van der Waals surface area (Å²) in [6, 6.07) is 0.105. The lowest BCUT2D eigenvalue weighted by Gasteiger charge is -2.13. The Balaban J connectivity index is 3.41. The Morgan fingerprint density at radius 3 is 1.87 bits per heavy atom. The lowest BCUT2D eigenvalue weighted by molar-refractivity contribution is 0.520. The van der Waals surface area contributed by atoms with Crippen molar-refractivity contribution in [2.45, 2.75) is 110 Å². The zero-order valence-electron chi connectivity index (χ0n) is 15.8. The first kappa shape index (κ1) is 22.1. The van der Waals surface area contributed by atoms with E-state index in [4.69, 9.17) is 5.53 Å². The largest absolute Gasteiger partial charge is 0.0900 e. The molecule has 23 heavy (non-hydrogen) atoms. The molecule has 0 amide bonds. The number of hydrogen-bond acceptors (Lipinski definition) is 1. The van der Waals surface area contributed by atoms with Gasteiger partial charge in [0.15, 0.2) is 0 Å². The van der Waals surface area contributed by atoms with Gasteiger partial charge in [-0.15, -0.1) is 0 Å². The van der Waals surface area contributed by atoms with E-state index in [1.165, 1.54) is 70.6 Å². The lowest BCUT2D eigenvalue weighted by atomic mass is 9.99. The zero-order valence-corrected chi connectivity index (χ0v) is 15.8. The summed E-state index contributed by atoms with van der Waals surface area (Å²) in [5.74, 6) is 0.351. The highest BCUT2D eigenvalue weighted by Crippen LogP contribution is 2.15. The van der Waals surface area contributed by atoms with Gasteiger partial charge >= 0.3 is 0 Å². The van der Waals surface area contributed by atoms with Crippen LogP contribution in [0.4, 0.5) is 0 Å². The van der Waals surface area contributed by atoms with Gasteiger partial charge in [0.2, 0.25) is 0 Å². The molecule has 0 aliphatic heterocycles. The van der Waals surface area contributed by atoms with Crippen molar-refractivity contribution in [2.75, 3.05) is 0 Å². The first-order valence-electron chi connectivity index (χ1n) is 9.97. The third-order valence-electron chi connectivity index (χ3n) is 4.64. The summed E-state index contributed by atoms with van der Waals surface area (Å²) in [5, 5.41) is 3.85. The van der Waals surface area contributed by atoms with Gasteiger partial charge in [0.05, 0.1) is 0 Å². The van der Waals surface area contributed by atoms with E-state index < -0.39 is 0 Å². The minimum Gasteiger partial charge on any atom is -0.0900 e. The van der Waals surface area contributed by atoms with Crippen LogP contribution in [-0.2, 0) is 0 Å². The zero-order chi connectivity index (χ0) is 17.2. The highest BCUT2D eigenvalue weighted by Gasteiger charge is 2.09. The van der Waals surface area contributed by atoms with Crippen molar-refractivity contribution in [3.8, 4) is 0 Å². The van der Waals surface area contributed by atoms with Crippen LogP contribution in [0.5, 0.6) is 0 Å². The molecule has 0 spiro atoms. The van der Waals surface area contributed by atoms with E-state index in [1.807, 2.05) is 0 Å². The smallest absolute Gasteiger partial charge is 0.0431 e. The second-order valence-corrected chi connectivity index (χ2v) is 6.79. The summed E-state index contributed by atoms with van der Waals surface area (Å²) in [4.78, 5) is 2.93. The number of hydrogen-bond donors (Lipinski definition) is 0. The summed E-state index contributed by atoms with van der Waals surface area (Å²) in [6.45, 7) is 6.49. The van der Waals surface area contributed by atoms with Gasteiger partial charge < -0.3 is 0 Å². The number of allylic oxidation sites excluding steroid dienone is 1. The van der Waals surface area contributed by atoms with Crippen LogP contribution < -0.4 is 0 Å². The number of azide groups is 1. The van der Waals surface area contributed by atoms with Crippen LogP contribution in [-0.4, -0.2) is 6.04 Å². The highest BCUT2D eigenvalue weighted by molar-refractivity contribution is 4.92. The molecule has 0 rings (SSSR count). The predicted octanol–water partition coefficient (Wildman–Crippen LogP) is 7.97. The van der Waals surface area contributed by atoms with Gasteiger partial charge in [-0.2, -0.15) is 0 Å². The van der Waals surface area contributed by atoms with Gasteiger partial charge in [-0.3, -0.25) is 0 Å². The molecule has 3 heteroatoms. The lowest BCUT2D eigenvalue weighted by Crippen LogP contribution is -2.11. The molecule has 3 nitrogen and oxygen atoms in total. The standard InChI is InChI=1S/C20H39N3/c1-4-6-7-8-9-10-11-12-13-14-15-16-17-18-19(3)20(5-2)22-23-21/h17-20H,4-16H2,1-3H3/b18-17+/t19-,20?/m1/s1. The summed E-state index contributed by atoms with van der Waals surface area (Å²) < 4.78 is 0. The van der Waals surface area contributed by atoms with Crippen LogP contribution in [0.25, 0.3) is 10.4 Å². The van der Waals surface area contributed by atoms with E-state index in [-0.39, 0.29) is 6.04 Å². The fraction of sp³-hybridized carbons (Fsp3) is 0.900. The van der Waals surface area contributed by atoms with E-state index in [9.17, 15) is 0 Å². The average Bonchev–Trinajstić information content (AvgIpc) is 2.56. The fourth-order valence-electron chi connectivity index (χ4n) is 2.99. The third kappa shape index (κ3) is 14.4. The predicted molar refractivity (Wildman–Crippen MR) is 103 cm³/mol. The molecule has 0 saturated carbocycles. The third-order valence-corrected chi connectivity index (χ3v) is 4.64. The molecule has 0 radical (unpaired) electrons. The Morgan fingerprint density at radius 1 is 0.870 bits per heavy atom. The molecule has 0 fully saturated rings. The number of nitrogens with zero attached hydrogens (tertiary/aromatic N) is 3. The molecule has 0 aromatic heterocycles. The van der Waals surface area contributed by atoms with Gasteiger partial charge in [0.1, 0.15) is 0 Å². The van der Waals surface area contributed by atoms with Crippen molar-refractivity contribution in [1.82, 2.24) is 0 Å². The van der Waals surface area contributed by atoms with Gasteiger partial charge in [-0.05, 0) is 30.7 Å². The minimum absolute atomic E-state index is 0.105. The molecule has 0 aromatic rings. The van der Waals surface area contributed by atoms with E-state index in [2.05, 4.69) is 42.9 Å². The fourth-order valence-corrected chi connectivity index (χ4v) is 2.99. The summed E-state index contributed by atoms with van der Waals surface area (Å²) in [7, 11) is 0. The Hall–Kier alpha value is -0.950. The Bertz CT molecular complexity index is 319. The van der Waals surface area contributed by atoms with Gasteiger partial charge in [-0.1, -0.05) is 102 Å². The molecule has 2 atom stereocenters. The van der Waals surface area contributed by atoms with Crippen molar-refractivity contribution in [3.05, 3.63) is 22.6 Å². The molecular weight excluding hydrogens is 282 g/mol. The average molecular weight is 322 g/mol. The quantitative estimate of drug-likeness (QED) is 0.0909. The van der Waals surface area contributed by atoms with E-state index in [1.54, 1.807) is 0 Å². The molecule has 0 aliphatic rings.